The molecule has 0 saturated heterocycles. The van der Waals surface area contributed by atoms with E-state index >= 15 is 0 Å². The second-order valence-corrected chi connectivity index (χ2v) is 8.42. The summed E-state index contributed by atoms with van der Waals surface area (Å²) >= 11 is 0. The Hall–Kier alpha value is -3.00. The predicted molar refractivity (Wildman–Crippen MR) is 122 cm³/mol. The van der Waals surface area contributed by atoms with Gasteiger partial charge in [-0.25, -0.2) is 14.5 Å². The van der Waals surface area contributed by atoms with Crippen LogP contribution in [0.2, 0.25) is 0 Å². The molecule has 8 heteroatoms. The highest BCUT2D eigenvalue weighted by molar-refractivity contribution is 5.77. The van der Waals surface area contributed by atoms with E-state index in [0.29, 0.717) is 5.95 Å². The fourth-order valence-corrected chi connectivity index (χ4v) is 4.33. The molecule has 0 bridgehead atoms. The van der Waals surface area contributed by atoms with Crippen molar-refractivity contribution < 1.29 is 14.6 Å². The molecule has 1 aromatic carbocycles. The van der Waals surface area contributed by atoms with Gasteiger partial charge in [0.25, 0.3) is 0 Å². The summed E-state index contributed by atoms with van der Waals surface area (Å²) in [4.78, 5) is 20.9. The molecule has 1 aliphatic rings. The van der Waals surface area contributed by atoms with Crippen LogP contribution in [0.5, 0.6) is 0 Å². The molecule has 2 heterocycles. The maximum atomic E-state index is 11.3. The summed E-state index contributed by atoms with van der Waals surface area (Å²) < 4.78 is 7.33. The average molecular weight is 438 g/mol. The molecule has 0 aliphatic heterocycles. The van der Waals surface area contributed by atoms with E-state index in [-0.39, 0.29) is 24.6 Å². The molecule has 8 nitrogen and oxygen atoms in total. The second-order valence-electron chi connectivity index (χ2n) is 8.42. The van der Waals surface area contributed by atoms with Crippen molar-refractivity contribution in [3.8, 4) is 11.3 Å². The van der Waals surface area contributed by atoms with E-state index in [1.165, 1.54) is 6.92 Å². The summed E-state index contributed by atoms with van der Waals surface area (Å²) in [5, 5.41) is 17.6. The number of fused-ring (bicyclic) bond motifs is 1. The van der Waals surface area contributed by atoms with Crippen molar-refractivity contribution in [2.45, 2.75) is 71.0 Å². The van der Waals surface area contributed by atoms with Crippen LogP contribution in [0.25, 0.3) is 16.8 Å². The number of ether oxygens (including phenoxy) is 1. The van der Waals surface area contributed by atoms with Crippen LogP contribution in [0.1, 0.15) is 69.7 Å². The van der Waals surface area contributed by atoms with Crippen molar-refractivity contribution in [1.82, 2.24) is 19.6 Å². The Kier molecular flexibility index (Phi) is 6.99. The zero-order valence-electron chi connectivity index (χ0n) is 18.8. The van der Waals surface area contributed by atoms with E-state index < -0.39 is 0 Å². The number of hydrogen-bond acceptors (Lipinski definition) is 7. The Balaban J connectivity index is 1.69. The highest BCUT2D eigenvalue weighted by Gasteiger charge is 2.29. The monoisotopic (exact) mass is 437 g/mol. The molecule has 0 amide bonds. The van der Waals surface area contributed by atoms with Gasteiger partial charge in [-0.1, -0.05) is 31.5 Å². The Morgan fingerprint density at radius 3 is 2.81 bits per heavy atom. The van der Waals surface area contributed by atoms with Crippen LogP contribution < -0.4 is 5.32 Å². The molecule has 0 spiro atoms. The highest BCUT2D eigenvalue weighted by Crippen LogP contribution is 2.36. The SMILES string of the molecule is CCCCNc1ncc2c(-c3cccc(CO)c3)nc(C3CCC(OC(C)=O)CC3)n2n1. The molecule has 2 N–H and O–H groups in total. The molecule has 1 aliphatic carbocycles. The van der Waals surface area contributed by atoms with Crippen molar-refractivity contribution in [2.75, 3.05) is 11.9 Å². The lowest BCUT2D eigenvalue weighted by atomic mass is 9.87. The first kappa shape index (κ1) is 22.2. The van der Waals surface area contributed by atoms with E-state index in [0.717, 1.165) is 73.2 Å². The highest BCUT2D eigenvalue weighted by atomic mass is 16.5. The smallest absolute Gasteiger partial charge is 0.302 e. The fraction of sp³-hybridized carbons (Fsp3) is 0.500. The lowest BCUT2D eigenvalue weighted by Crippen LogP contribution is -2.23. The number of rotatable bonds is 8. The topological polar surface area (TPSA) is 102 Å². The van der Waals surface area contributed by atoms with E-state index in [2.05, 4.69) is 17.2 Å². The predicted octanol–water partition coefficient (Wildman–Crippen LogP) is 4.08. The first-order chi connectivity index (χ1) is 15.6. The Morgan fingerprint density at radius 1 is 1.28 bits per heavy atom. The molecule has 1 fully saturated rings. The minimum atomic E-state index is -0.221. The third kappa shape index (κ3) is 4.91. The number of hydrogen-bond donors (Lipinski definition) is 2. The molecule has 32 heavy (non-hydrogen) atoms. The van der Waals surface area contributed by atoms with Gasteiger partial charge in [0.2, 0.25) is 5.95 Å². The summed E-state index contributed by atoms with van der Waals surface area (Å²) in [6, 6.07) is 7.77. The number of aliphatic hydroxyl groups excluding tert-OH is 1. The first-order valence-corrected chi connectivity index (χ1v) is 11.5. The third-order valence-corrected chi connectivity index (χ3v) is 5.99. The summed E-state index contributed by atoms with van der Waals surface area (Å²) in [5.41, 5.74) is 3.44. The van der Waals surface area contributed by atoms with Gasteiger partial charge in [-0.3, -0.25) is 4.79 Å². The van der Waals surface area contributed by atoms with Crippen molar-refractivity contribution in [3.05, 3.63) is 41.9 Å². The number of esters is 1. The van der Waals surface area contributed by atoms with Gasteiger partial charge in [0, 0.05) is 24.9 Å². The number of aromatic nitrogens is 4. The van der Waals surface area contributed by atoms with Gasteiger partial charge >= 0.3 is 5.97 Å². The summed E-state index contributed by atoms with van der Waals surface area (Å²) in [6.07, 6.45) is 7.37. The maximum Gasteiger partial charge on any atom is 0.302 e. The largest absolute Gasteiger partial charge is 0.463 e. The van der Waals surface area contributed by atoms with Gasteiger partial charge in [-0.2, -0.15) is 0 Å². The number of imidazole rings is 1. The molecule has 0 atom stereocenters. The molecule has 1 saturated carbocycles. The van der Waals surface area contributed by atoms with Gasteiger partial charge in [-0.15, -0.1) is 5.10 Å². The fourth-order valence-electron chi connectivity index (χ4n) is 4.33. The van der Waals surface area contributed by atoms with E-state index in [4.69, 9.17) is 14.8 Å². The van der Waals surface area contributed by atoms with Gasteiger partial charge in [0.05, 0.1) is 18.5 Å². The molecule has 0 radical (unpaired) electrons. The number of nitrogens with one attached hydrogen (secondary N) is 1. The number of carbonyl (C=O) groups is 1. The van der Waals surface area contributed by atoms with E-state index in [9.17, 15) is 9.90 Å². The number of aliphatic hydroxyl groups is 1. The number of nitrogens with zero attached hydrogens (tertiary/aromatic N) is 4. The van der Waals surface area contributed by atoms with Crippen molar-refractivity contribution in [3.63, 3.8) is 0 Å². The Morgan fingerprint density at radius 2 is 2.09 bits per heavy atom. The van der Waals surface area contributed by atoms with Crippen LogP contribution in [0, 0.1) is 0 Å². The molecule has 170 valence electrons. The number of anilines is 1. The molecule has 3 aromatic rings. The van der Waals surface area contributed by atoms with E-state index in [1.807, 2.05) is 35.0 Å². The second kappa shape index (κ2) is 10.1. The Bertz CT molecular complexity index is 1070. The first-order valence-electron chi connectivity index (χ1n) is 11.5. The molecular weight excluding hydrogens is 406 g/mol. The number of benzene rings is 1. The Labute approximate surface area is 188 Å². The number of carbonyl (C=O) groups excluding carboxylic acids is 1. The zero-order chi connectivity index (χ0) is 22.5. The lowest BCUT2D eigenvalue weighted by molar-refractivity contribution is -0.147. The zero-order valence-corrected chi connectivity index (χ0v) is 18.8. The van der Waals surface area contributed by atoms with Crippen molar-refractivity contribution >= 4 is 17.4 Å². The van der Waals surface area contributed by atoms with Gasteiger partial charge in [0.1, 0.15) is 17.4 Å². The van der Waals surface area contributed by atoms with Crippen molar-refractivity contribution in [1.29, 1.82) is 0 Å². The van der Waals surface area contributed by atoms with Crippen LogP contribution in [0.4, 0.5) is 5.95 Å². The lowest BCUT2D eigenvalue weighted by Gasteiger charge is -2.27. The molecular formula is C24H31N5O3. The van der Waals surface area contributed by atoms with Gasteiger partial charge in [0.15, 0.2) is 0 Å². The molecule has 0 unspecified atom stereocenters. The summed E-state index contributed by atoms with van der Waals surface area (Å²) in [5.74, 6) is 1.50. The van der Waals surface area contributed by atoms with Gasteiger partial charge in [-0.05, 0) is 43.7 Å². The summed E-state index contributed by atoms with van der Waals surface area (Å²) in [6.45, 7) is 4.42. The van der Waals surface area contributed by atoms with Crippen molar-refractivity contribution in [2.24, 2.45) is 0 Å². The average Bonchev–Trinajstić information content (AvgIpc) is 3.18. The quantitative estimate of drug-likeness (QED) is 0.404. The van der Waals surface area contributed by atoms with Crippen LogP contribution in [0.3, 0.4) is 0 Å². The maximum absolute atomic E-state index is 11.3. The molecule has 4 rings (SSSR count). The van der Waals surface area contributed by atoms with Crippen LogP contribution in [-0.4, -0.2) is 43.3 Å². The number of unbranched alkanes of at least 4 members (excludes halogenated alkanes) is 1. The minimum Gasteiger partial charge on any atom is -0.463 e. The molecule has 2 aromatic heterocycles. The van der Waals surface area contributed by atoms with Crippen LogP contribution >= 0.6 is 0 Å². The third-order valence-electron chi connectivity index (χ3n) is 5.99. The van der Waals surface area contributed by atoms with E-state index in [1.54, 1.807) is 0 Å². The summed E-state index contributed by atoms with van der Waals surface area (Å²) in [7, 11) is 0. The van der Waals surface area contributed by atoms with Gasteiger partial charge < -0.3 is 15.2 Å². The standard InChI is InChI=1S/C24H31N5O3/c1-3-4-12-25-24-26-14-21-22(19-7-5-6-17(13-19)15-30)27-23(29(21)28-24)18-8-10-20(11-9-18)32-16(2)31/h5-7,13-14,18,20,30H,3-4,8-12,15H2,1-2H3,(H,25,28). The normalized spacial score (nSPS) is 18.6. The van der Waals surface area contributed by atoms with Crippen LogP contribution in [0.15, 0.2) is 30.5 Å². The van der Waals surface area contributed by atoms with Crippen LogP contribution in [-0.2, 0) is 16.1 Å². The minimum absolute atomic E-state index is 0.0171.